The number of carbonyl (C=O) groups is 2. The third-order valence-electron chi connectivity index (χ3n) is 3.92. The van der Waals surface area contributed by atoms with Crippen LogP contribution in [0, 0.1) is 0 Å². The maximum atomic E-state index is 12.4. The van der Waals surface area contributed by atoms with Gasteiger partial charge in [0.1, 0.15) is 5.75 Å². The number of benzene rings is 2. The van der Waals surface area contributed by atoms with Crippen molar-refractivity contribution in [1.29, 1.82) is 0 Å². The molecule has 0 aliphatic rings. The van der Waals surface area contributed by atoms with E-state index in [0.717, 1.165) is 6.42 Å². The second-order valence-corrected chi connectivity index (χ2v) is 6.47. The Morgan fingerprint density at radius 2 is 1.73 bits per heavy atom. The van der Waals surface area contributed by atoms with Crippen LogP contribution in [0.5, 0.6) is 5.75 Å². The number of hydrogen-bond acceptors (Lipinski definition) is 3. The zero-order chi connectivity index (χ0) is 19.1. The summed E-state index contributed by atoms with van der Waals surface area (Å²) >= 11 is 5.84. The van der Waals surface area contributed by atoms with Gasteiger partial charge in [-0.2, -0.15) is 0 Å². The molecule has 0 aliphatic carbocycles. The summed E-state index contributed by atoms with van der Waals surface area (Å²) in [6, 6.07) is 13.7. The summed E-state index contributed by atoms with van der Waals surface area (Å²) in [5, 5.41) is 6.26. The molecule has 2 atom stereocenters. The van der Waals surface area contributed by atoms with Gasteiger partial charge < -0.3 is 15.4 Å². The monoisotopic (exact) mass is 374 g/mol. The Labute approximate surface area is 158 Å². The van der Waals surface area contributed by atoms with E-state index in [0.29, 0.717) is 22.0 Å². The zero-order valence-electron chi connectivity index (χ0n) is 15.1. The highest BCUT2D eigenvalue weighted by Gasteiger charge is 2.19. The van der Waals surface area contributed by atoms with Crippen LogP contribution in [0.1, 0.15) is 37.6 Å². The number of nitrogens with one attached hydrogen (secondary N) is 2. The summed E-state index contributed by atoms with van der Waals surface area (Å²) in [5.74, 6) is -0.0230. The molecule has 0 fully saturated rings. The van der Waals surface area contributed by atoms with Crippen molar-refractivity contribution in [3.05, 3.63) is 59.1 Å². The normalized spacial score (nSPS) is 12.8. The molecule has 0 heterocycles. The number of rotatable bonds is 7. The summed E-state index contributed by atoms with van der Waals surface area (Å²) in [6.45, 7) is 5.57. The summed E-state index contributed by atoms with van der Waals surface area (Å²) in [5.41, 5.74) is 0.865. The highest BCUT2D eigenvalue weighted by Crippen LogP contribution is 2.19. The molecule has 0 radical (unpaired) electrons. The van der Waals surface area contributed by atoms with E-state index >= 15 is 0 Å². The molecule has 2 amide bonds. The summed E-state index contributed by atoms with van der Waals surface area (Å²) in [7, 11) is 0. The van der Waals surface area contributed by atoms with Crippen LogP contribution < -0.4 is 15.4 Å². The second-order valence-electron chi connectivity index (χ2n) is 6.03. The molecule has 6 heteroatoms. The van der Waals surface area contributed by atoms with Gasteiger partial charge >= 0.3 is 0 Å². The van der Waals surface area contributed by atoms with Crippen molar-refractivity contribution in [2.45, 2.75) is 39.3 Å². The Morgan fingerprint density at radius 1 is 1.08 bits per heavy atom. The van der Waals surface area contributed by atoms with Crippen molar-refractivity contribution in [2.24, 2.45) is 0 Å². The molecule has 26 heavy (non-hydrogen) atoms. The van der Waals surface area contributed by atoms with Crippen LogP contribution in [-0.2, 0) is 4.79 Å². The van der Waals surface area contributed by atoms with Gasteiger partial charge in [0.25, 0.3) is 11.8 Å². The van der Waals surface area contributed by atoms with Crippen molar-refractivity contribution in [1.82, 2.24) is 5.32 Å². The molecule has 0 aromatic heterocycles. The quantitative estimate of drug-likeness (QED) is 0.760. The molecule has 0 saturated heterocycles. The first kappa shape index (κ1) is 19.8. The van der Waals surface area contributed by atoms with Crippen molar-refractivity contribution in [3.63, 3.8) is 0 Å². The molecule has 2 rings (SSSR count). The number of para-hydroxylation sites is 1. The molecule has 2 N–H and O–H groups in total. The van der Waals surface area contributed by atoms with Crippen molar-refractivity contribution in [3.8, 4) is 5.75 Å². The third kappa shape index (κ3) is 5.49. The molecule has 0 spiro atoms. The number of amides is 2. The van der Waals surface area contributed by atoms with E-state index in [1.54, 1.807) is 55.5 Å². The van der Waals surface area contributed by atoms with E-state index in [-0.39, 0.29) is 17.9 Å². The molecule has 5 nitrogen and oxygen atoms in total. The minimum Gasteiger partial charge on any atom is -0.481 e. The number of ether oxygens (including phenoxy) is 1. The average molecular weight is 375 g/mol. The van der Waals surface area contributed by atoms with Crippen LogP contribution in [0.4, 0.5) is 5.69 Å². The van der Waals surface area contributed by atoms with Gasteiger partial charge in [0, 0.05) is 11.1 Å². The fourth-order valence-corrected chi connectivity index (χ4v) is 2.32. The van der Waals surface area contributed by atoms with Gasteiger partial charge in [-0.05, 0) is 56.7 Å². The number of anilines is 1. The first-order valence-corrected chi connectivity index (χ1v) is 8.91. The Morgan fingerprint density at radius 3 is 2.38 bits per heavy atom. The minimum atomic E-state index is -0.734. The summed E-state index contributed by atoms with van der Waals surface area (Å²) < 4.78 is 5.61. The molecule has 0 unspecified atom stereocenters. The van der Waals surface area contributed by atoms with Gasteiger partial charge in [-0.1, -0.05) is 30.7 Å². The van der Waals surface area contributed by atoms with Crippen LogP contribution in [0.15, 0.2) is 48.5 Å². The lowest BCUT2D eigenvalue weighted by molar-refractivity contribution is -0.122. The predicted molar refractivity (Wildman–Crippen MR) is 104 cm³/mol. The van der Waals surface area contributed by atoms with Gasteiger partial charge in [0.05, 0.1) is 11.3 Å². The highest BCUT2D eigenvalue weighted by molar-refractivity contribution is 6.30. The van der Waals surface area contributed by atoms with Crippen LogP contribution in [0.3, 0.4) is 0 Å². The first-order valence-electron chi connectivity index (χ1n) is 8.53. The fraction of sp³-hybridized carbons (Fsp3) is 0.300. The lowest BCUT2D eigenvalue weighted by atomic mass is 10.1. The third-order valence-corrected chi connectivity index (χ3v) is 4.17. The van der Waals surface area contributed by atoms with E-state index in [4.69, 9.17) is 16.3 Å². The molecule has 2 aromatic carbocycles. The minimum absolute atomic E-state index is 0.0541. The summed E-state index contributed by atoms with van der Waals surface area (Å²) in [4.78, 5) is 24.8. The standard InChI is InChI=1S/C20H23ClN2O3/c1-4-13(2)22-20(25)17-7-5-6-8-18(17)23-19(24)14(3)26-16-11-9-15(21)10-12-16/h5-14H,4H2,1-3H3,(H,22,25)(H,23,24)/t13-,14-/m1/s1. The maximum absolute atomic E-state index is 12.4. The number of hydrogen-bond donors (Lipinski definition) is 2. The molecule has 138 valence electrons. The van der Waals surface area contributed by atoms with Crippen molar-refractivity contribution < 1.29 is 14.3 Å². The van der Waals surface area contributed by atoms with E-state index in [9.17, 15) is 9.59 Å². The van der Waals surface area contributed by atoms with E-state index in [2.05, 4.69) is 10.6 Å². The lowest BCUT2D eigenvalue weighted by Crippen LogP contribution is -2.34. The topological polar surface area (TPSA) is 67.4 Å². The smallest absolute Gasteiger partial charge is 0.265 e. The Kier molecular flexibility index (Phi) is 7.04. The van der Waals surface area contributed by atoms with Crippen LogP contribution >= 0.6 is 11.6 Å². The van der Waals surface area contributed by atoms with Gasteiger partial charge in [-0.15, -0.1) is 0 Å². The molecule has 0 saturated carbocycles. The molecule has 0 aliphatic heterocycles. The Bertz CT molecular complexity index is 762. The van der Waals surface area contributed by atoms with Gasteiger partial charge in [-0.25, -0.2) is 0 Å². The van der Waals surface area contributed by atoms with Crippen LogP contribution in [0.25, 0.3) is 0 Å². The second kappa shape index (κ2) is 9.25. The first-order chi connectivity index (χ1) is 12.4. The van der Waals surface area contributed by atoms with Crippen molar-refractivity contribution >= 4 is 29.1 Å². The number of carbonyl (C=O) groups excluding carboxylic acids is 2. The largest absolute Gasteiger partial charge is 0.481 e. The predicted octanol–water partition coefficient (Wildman–Crippen LogP) is 4.27. The SMILES string of the molecule is CC[C@@H](C)NC(=O)c1ccccc1NC(=O)[C@@H](C)Oc1ccc(Cl)cc1. The Balaban J connectivity index is 2.06. The van der Waals surface area contributed by atoms with E-state index in [1.807, 2.05) is 13.8 Å². The van der Waals surface area contributed by atoms with Gasteiger partial charge in [0.15, 0.2) is 6.10 Å². The Hall–Kier alpha value is -2.53. The maximum Gasteiger partial charge on any atom is 0.265 e. The van der Waals surface area contributed by atoms with E-state index in [1.165, 1.54) is 0 Å². The molecular weight excluding hydrogens is 352 g/mol. The summed E-state index contributed by atoms with van der Waals surface area (Å²) in [6.07, 6.45) is 0.0912. The van der Waals surface area contributed by atoms with Gasteiger partial charge in [0.2, 0.25) is 0 Å². The van der Waals surface area contributed by atoms with E-state index < -0.39 is 6.10 Å². The molecule has 0 bridgehead atoms. The van der Waals surface area contributed by atoms with Crippen molar-refractivity contribution in [2.75, 3.05) is 5.32 Å². The fourth-order valence-electron chi connectivity index (χ4n) is 2.20. The molecule has 2 aromatic rings. The lowest BCUT2D eigenvalue weighted by Gasteiger charge is -2.17. The average Bonchev–Trinajstić information content (AvgIpc) is 2.63. The number of halogens is 1. The van der Waals surface area contributed by atoms with Crippen LogP contribution in [-0.4, -0.2) is 24.0 Å². The highest BCUT2D eigenvalue weighted by atomic mass is 35.5. The molecular formula is C20H23ClN2O3. The van der Waals surface area contributed by atoms with Crippen LogP contribution in [0.2, 0.25) is 5.02 Å². The zero-order valence-corrected chi connectivity index (χ0v) is 15.8. The van der Waals surface area contributed by atoms with Gasteiger partial charge in [-0.3, -0.25) is 9.59 Å².